The first-order valence-electron chi connectivity index (χ1n) is 7.32. The minimum absolute atomic E-state index is 0.735. The molecule has 0 atom stereocenters. The molecule has 1 aromatic heterocycles. The molecule has 0 radical (unpaired) electrons. The van der Waals surface area contributed by atoms with E-state index in [1.54, 1.807) is 0 Å². The third kappa shape index (κ3) is 2.37. The van der Waals surface area contributed by atoms with E-state index < -0.39 is 0 Å². The van der Waals surface area contributed by atoms with Gasteiger partial charge in [-0.2, -0.15) is 0 Å². The van der Waals surface area contributed by atoms with Crippen molar-refractivity contribution in [3.8, 4) is 11.3 Å². The normalized spacial score (nSPS) is 10.9. The van der Waals surface area contributed by atoms with Crippen molar-refractivity contribution < 1.29 is 0 Å². The summed E-state index contributed by atoms with van der Waals surface area (Å²) in [6, 6.07) is 24.9. The molecule has 0 fully saturated rings. The van der Waals surface area contributed by atoms with Gasteiger partial charge in [0.2, 0.25) is 0 Å². The van der Waals surface area contributed by atoms with Crippen molar-refractivity contribution in [3.63, 3.8) is 0 Å². The molecule has 4 aromatic rings. The van der Waals surface area contributed by atoms with Crippen LogP contribution in [0, 0.1) is 0 Å². The lowest BCUT2D eigenvalue weighted by Crippen LogP contribution is -1.99. The van der Waals surface area contributed by atoms with Crippen molar-refractivity contribution >= 4 is 10.8 Å². The van der Waals surface area contributed by atoms with Crippen LogP contribution in [0.4, 0.5) is 0 Å². The molecular formula is C19H15N3. The average molecular weight is 285 g/mol. The van der Waals surface area contributed by atoms with Gasteiger partial charge in [0.25, 0.3) is 0 Å². The second-order valence-electron chi connectivity index (χ2n) is 5.31. The highest BCUT2D eigenvalue weighted by Crippen LogP contribution is 2.26. The summed E-state index contributed by atoms with van der Waals surface area (Å²) < 4.78 is 1.88. The number of rotatable bonds is 3. The largest absolute Gasteiger partial charge is 0.247 e. The minimum Gasteiger partial charge on any atom is -0.247 e. The maximum Gasteiger partial charge on any atom is 0.113 e. The number of hydrogen-bond acceptors (Lipinski definition) is 2. The molecule has 0 spiro atoms. The molecule has 3 aromatic carbocycles. The van der Waals surface area contributed by atoms with Crippen molar-refractivity contribution in [2.24, 2.45) is 0 Å². The van der Waals surface area contributed by atoms with Gasteiger partial charge >= 0.3 is 0 Å². The van der Waals surface area contributed by atoms with E-state index in [0.717, 1.165) is 17.8 Å². The van der Waals surface area contributed by atoms with Crippen LogP contribution in [0.2, 0.25) is 0 Å². The van der Waals surface area contributed by atoms with E-state index in [2.05, 4.69) is 64.9 Å². The van der Waals surface area contributed by atoms with Crippen molar-refractivity contribution in [2.75, 3.05) is 0 Å². The summed E-state index contributed by atoms with van der Waals surface area (Å²) in [5.74, 6) is 0. The Morgan fingerprint density at radius 2 is 1.55 bits per heavy atom. The van der Waals surface area contributed by atoms with E-state index in [1.807, 2.05) is 29.1 Å². The van der Waals surface area contributed by atoms with Crippen molar-refractivity contribution in [1.29, 1.82) is 0 Å². The molecule has 22 heavy (non-hydrogen) atoms. The van der Waals surface area contributed by atoms with Crippen LogP contribution in [-0.2, 0) is 6.54 Å². The molecule has 0 bridgehead atoms. The van der Waals surface area contributed by atoms with Crippen LogP contribution in [-0.4, -0.2) is 15.0 Å². The van der Waals surface area contributed by atoms with Crippen LogP contribution >= 0.6 is 0 Å². The highest BCUT2D eigenvalue weighted by molar-refractivity contribution is 5.95. The predicted molar refractivity (Wildman–Crippen MR) is 88.5 cm³/mol. The molecule has 0 aliphatic rings. The molecule has 0 N–H and O–H groups in total. The smallest absolute Gasteiger partial charge is 0.113 e. The Morgan fingerprint density at radius 1 is 0.773 bits per heavy atom. The van der Waals surface area contributed by atoms with E-state index in [4.69, 9.17) is 0 Å². The second kappa shape index (κ2) is 5.45. The molecule has 4 rings (SSSR count). The van der Waals surface area contributed by atoms with Crippen LogP contribution in [0.25, 0.3) is 22.0 Å². The summed E-state index contributed by atoms with van der Waals surface area (Å²) >= 11 is 0. The topological polar surface area (TPSA) is 30.7 Å². The maximum atomic E-state index is 4.35. The first-order valence-corrected chi connectivity index (χ1v) is 7.32. The fourth-order valence-electron chi connectivity index (χ4n) is 2.72. The van der Waals surface area contributed by atoms with Crippen molar-refractivity contribution in [3.05, 3.63) is 84.6 Å². The van der Waals surface area contributed by atoms with E-state index in [9.17, 15) is 0 Å². The Morgan fingerprint density at radius 3 is 2.45 bits per heavy atom. The summed E-state index contributed by atoms with van der Waals surface area (Å²) in [5.41, 5.74) is 3.25. The molecule has 3 heteroatoms. The van der Waals surface area contributed by atoms with Crippen LogP contribution in [0.15, 0.2) is 79.0 Å². The van der Waals surface area contributed by atoms with Gasteiger partial charge < -0.3 is 0 Å². The van der Waals surface area contributed by atoms with Gasteiger partial charge in [-0.05, 0) is 16.3 Å². The fraction of sp³-hybridized carbons (Fsp3) is 0.0526. The van der Waals surface area contributed by atoms with Gasteiger partial charge in [0.15, 0.2) is 0 Å². The number of nitrogens with zero attached hydrogens (tertiary/aromatic N) is 3. The van der Waals surface area contributed by atoms with Gasteiger partial charge in [0, 0.05) is 5.56 Å². The predicted octanol–water partition coefficient (Wildman–Crippen LogP) is 4.15. The lowest BCUT2D eigenvalue weighted by molar-refractivity contribution is 0.650. The minimum atomic E-state index is 0.735. The third-order valence-corrected chi connectivity index (χ3v) is 3.79. The van der Waals surface area contributed by atoms with Crippen LogP contribution in [0.3, 0.4) is 0 Å². The van der Waals surface area contributed by atoms with E-state index in [1.165, 1.54) is 16.3 Å². The Labute approximate surface area is 128 Å². The summed E-state index contributed by atoms with van der Waals surface area (Å²) in [4.78, 5) is 0. The Kier molecular flexibility index (Phi) is 3.16. The summed E-state index contributed by atoms with van der Waals surface area (Å²) in [6.07, 6.45) is 2.01. The van der Waals surface area contributed by atoms with Crippen molar-refractivity contribution in [2.45, 2.75) is 6.54 Å². The number of fused-ring (bicyclic) bond motifs is 1. The Bertz CT molecular complexity index is 905. The SMILES string of the molecule is c1ccc(Cn2cc(-c3cccc4ccccc34)nn2)cc1. The Hall–Kier alpha value is -2.94. The number of benzene rings is 3. The second-order valence-corrected chi connectivity index (χ2v) is 5.31. The lowest BCUT2D eigenvalue weighted by atomic mass is 10.0. The highest BCUT2D eigenvalue weighted by Gasteiger charge is 2.07. The van der Waals surface area contributed by atoms with E-state index in [0.29, 0.717) is 0 Å². The van der Waals surface area contributed by atoms with E-state index in [-0.39, 0.29) is 0 Å². The first kappa shape index (κ1) is 12.8. The molecule has 0 unspecified atom stereocenters. The van der Waals surface area contributed by atoms with Gasteiger partial charge in [-0.25, -0.2) is 4.68 Å². The molecule has 106 valence electrons. The Balaban J connectivity index is 1.71. The highest BCUT2D eigenvalue weighted by atomic mass is 15.4. The number of hydrogen-bond donors (Lipinski definition) is 0. The zero-order valence-corrected chi connectivity index (χ0v) is 12.1. The van der Waals surface area contributed by atoms with E-state index >= 15 is 0 Å². The van der Waals surface area contributed by atoms with Gasteiger partial charge in [-0.3, -0.25) is 0 Å². The molecule has 0 aliphatic carbocycles. The standard InChI is InChI=1S/C19H15N3/c1-2-7-15(8-3-1)13-22-14-19(20-21-22)18-12-6-10-16-9-4-5-11-17(16)18/h1-12,14H,13H2. The van der Waals surface area contributed by atoms with Gasteiger partial charge in [-0.15, -0.1) is 5.10 Å². The molecule has 0 amide bonds. The first-order chi connectivity index (χ1) is 10.9. The van der Waals surface area contributed by atoms with Gasteiger partial charge in [0.05, 0.1) is 12.7 Å². The molecule has 1 heterocycles. The molecule has 0 saturated carbocycles. The van der Waals surface area contributed by atoms with Gasteiger partial charge in [0.1, 0.15) is 5.69 Å². The lowest BCUT2D eigenvalue weighted by Gasteiger charge is -2.03. The third-order valence-electron chi connectivity index (χ3n) is 3.79. The monoisotopic (exact) mass is 285 g/mol. The van der Waals surface area contributed by atoms with Gasteiger partial charge in [-0.1, -0.05) is 78.0 Å². The zero-order chi connectivity index (χ0) is 14.8. The molecular weight excluding hydrogens is 270 g/mol. The summed E-state index contributed by atoms with van der Waals surface area (Å²) in [7, 11) is 0. The zero-order valence-electron chi connectivity index (χ0n) is 12.1. The van der Waals surface area contributed by atoms with Crippen LogP contribution in [0.1, 0.15) is 5.56 Å². The number of aromatic nitrogens is 3. The molecule has 3 nitrogen and oxygen atoms in total. The molecule has 0 saturated heterocycles. The summed E-state index contributed by atoms with van der Waals surface area (Å²) in [5, 5.41) is 11.0. The molecule has 0 aliphatic heterocycles. The van der Waals surface area contributed by atoms with Crippen LogP contribution in [0.5, 0.6) is 0 Å². The van der Waals surface area contributed by atoms with Crippen LogP contribution < -0.4 is 0 Å². The summed E-state index contributed by atoms with van der Waals surface area (Å²) in [6.45, 7) is 0.735. The fourth-order valence-corrected chi connectivity index (χ4v) is 2.72. The average Bonchev–Trinajstić information content (AvgIpc) is 3.03. The maximum absolute atomic E-state index is 4.35. The van der Waals surface area contributed by atoms with Crippen molar-refractivity contribution in [1.82, 2.24) is 15.0 Å². The quantitative estimate of drug-likeness (QED) is 0.566.